The third-order valence-electron chi connectivity index (χ3n) is 4.48. The number of nitrogens with one attached hydrogen (secondary N) is 1. The van der Waals surface area contributed by atoms with Gasteiger partial charge in [0.05, 0.1) is 23.8 Å². The van der Waals surface area contributed by atoms with Gasteiger partial charge in [-0.3, -0.25) is 0 Å². The lowest BCUT2D eigenvalue weighted by atomic mass is 9.95. The monoisotopic (exact) mass is 397 g/mol. The molecule has 3 aromatic rings. The molecule has 0 unspecified atom stereocenters. The minimum absolute atomic E-state index is 0.181. The quantitative estimate of drug-likeness (QED) is 0.542. The standard InChI is InChI=1S/C19H18Cl3NO2/c1-19(9-24,10-25)23-8-17-13-4-2-12(21)7-16(13)18(22)14-5-3-11(20)6-15(14)17/h2-7,23-25H,8-10H2,1H3. The highest BCUT2D eigenvalue weighted by molar-refractivity contribution is 6.42. The van der Waals surface area contributed by atoms with Crippen LogP contribution in [0.2, 0.25) is 15.1 Å². The molecule has 3 aromatic carbocycles. The van der Waals surface area contributed by atoms with Gasteiger partial charge in [-0.05, 0) is 47.5 Å². The third kappa shape index (κ3) is 3.59. The van der Waals surface area contributed by atoms with Gasteiger partial charge < -0.3 is 15.5 Å². The Balaban J connectivity index is 2.25. The van der Waals surface area contributed by atoms with Crippen LogP contribution in [-0.4, -0.2) is 29.0 Å². The molecular weight excluding hydrogens is 381 g/mol. The van der Waals surface area contributed by atoms with Crippen molar-refractivity contribution in [2.24, 2.45) is 0 Å². The van der Waals surface area contributed by atoms with Crippen LogP contribution in [0.3, 0.4) is 0 Å². The van der Waals surface area contributed by atoms with Crippen LogP contribution in [0.1, 0.15) is 12.5 Å². The molecule has 3 rings (SSSR count). The molecule has 0 bridgehead atoms. The van der Waals surface area contributed by atoms with Crippen LogP contribution >= 0.6 is 34.8 Å². The number of hydrogen-bond acceptors (Lipinski definition) is 3. The van der Waals surface area contributed by atoms with Gasteiger partial charge in [0.25, 0.3) is 0 Å². The predicted octanol–water partition coefficient (Wildman–Crippen LogP) is 4.79. The van der Waals surface area contributed by atoms with Gasteiger partial charge in [-0.2, -0.15) is 0 Å². The number of aliphatic hydroxyl groups excluding tert-OH is 2. The van der Waals surface area contributed by atoms with Crippen LogP contribution in [-0.2, 0) is 6.54 Å². The smallest absolute Gasteiger partial charge is 0.0633 e. The molecule has 132 valence electrons. The molecule has 0 aliphatic rings. The number of halogens is 3. The molecule has 0 aliphatic heterocycles. The second-order valence-electron chi connectivity index (χ2n) is 6.40. The van der Waals surface area contributed by atoms with Gasteiger partial charge in [0.1, 0.15) is 0 Å². The van der Waals surface area contributed by atoms with E-state index < -0.39 is 5.54 Å². The first kappa shape index (κ1) is 18.7. The van der Waals surface area contributed by atoms with E-state index >= 15 is 0 Å². The summed E-state index contributed by atoms with van der Waals surface area (Å²) in [6.45, 7) is 1.83. The molecule has 3 N–H and O–H groups in total. The zero-order chi connectivity index (χ0) is 18.2. The van der Waals surface area contributed by atoms with Crippen molar-refractivity contribution in [3.63, 3.8) is 0 Å². The van der Waals surface area contributed by atoms with Crippen molar-refractivity contribution in [3.05, 3.63) is 57.0 Å². The SMILES string of the molecule is CC(CO)(CO)NCc1c2ccc(Cl)cc2c(Cl)c2ccc(Cl)cc12. The Hall–Kier alpha value is -1.07. The number of hydrogen-bond donors (Lipinski definition) is 3. The van der Waals surface area contributed by atoms with Crippen LogP contribution in [0.15, 0.2) is 36.4 Å². The average molecular weight is 399 g/mol. The van der Waals surface area contributed by atoms with Crippen molar-refractivity contribution >= 4 is 56.3 Å². The van der Waals surface area contributed by atoms with Crippen molar-refractivity contribution in [1.29, 1.82) is 0 Å². The van der Waals surface area contributed by atoms with Crippen molar-refractivity contribution < 1.29 is 10.2 Å². The lowest BCUT2D eigenvalue weighted by Gasteiger charge is -2.27. The highest BCUT2D eigenvalue weighted by Crippen LogP contribution is 2.38. The van der Waals surface area contributed by atoms with Gasteiger partial charge in [-0.25, -0.2) is 0 Å². The van der Waals surface area contributed by atoms with Crippen molar-refractivity contribution in [2.45, 2.75) is 19.0 Å². The molecule has 0 spiro atoms. The lowest BCUT2D eigenvalue weighted by molar-refractivity contribution is 0.103. The van der Waals surface area contributed by atoms with Crippen molar-refractivity contribution in [2.75, 3.05) is 13.2 Å². The highest BCUT2D eigenvalue weighted by Gasteiger charge is 2.22. The molecule has 25 heavy (non-hydrogen) atoms. The maximum Gasteiger partial charge on any atom is 0.0633 e. The normalized spacial score (nSPS) is 12.2. The molecule has 3 nitrogen and oxygen atoms in total. The first-order chi connectivity index (χ1) is 11.9. The number of fused-ring (bicyclic) bond motifs is 2. The summed E-state index contributed by atoms with van der Waals surface area (Å²) in [6.07, 6.45) is 0. The molecule has 0 saturated carbocycles. The van der Waals surface area contributed by atoms with E-state index in [9.17, 15) is 10.2 Å². The molecule has 0 atom stereocenters. The Morgan fingerprint density at radius 2 is 1.40 bits per heavy atom. The summed E-state index contributed by atoms with van der Waals surface area (Å²) in [5, 5.41) is 27.8. The molecular formula is C19H18Cl3NO2. The van der Waals surface area contributed by atoms with Gasteiger partial charge in [-0.1, -0.05) is 46.9 Å². The zero-order valence-electron chi connectivity index (χ0n) is 13.6. The van der Waals surface area contributed by atoms with Crippen LogP contribution in [0.4, 0.5) is 0 Å². The second-order valence-corrected chi connectivity index (χ2v) is 7.65. The second kappa shape index (κ2) is 7.28. The largest absolute Gasteiger partial charge is 0.394 e. The van der Waals surface area contributed by atoms with Crippen LogP contribution in [0, 0.1) is 0 Å². The van der Waals surface area contributed by atoms with Crippen LogP contribution in [0.25, 0.3) is 21.5 Å². The van der Waals surface area contributed by atoms with E-state index in [0.717, 1.165) is 27.1 Å². The summed E-state index contributed by atoms with van der Waals surface area (Å²) in [6, 6.07) is 11.2. The van der Waals surface area contributed by atoms with Crippen LogP contribution in [0.5, 0.6) is 0 Å². The fourth-order valence-corrected chi connectivity index (χ4v) is 3.53. The summed E-state index contributed by atoms with van der Waals surface area (Å²) in [4.78, 5) is 0. The Bertz CT molecular complexity index is 939. The van der Waals surface area contributed by atoms with Gasteiger partial charge in [-0.15, -0.1) is 0 Å². The lowest BCUT2D eigenvalue weighted by Crippen LogP contribution is -2.48. The van der Waals surface area contributed by atoms with Crippen molar-refractivity contribution in [3.8, 4) is 0 Å². The first-order valence-electron chi connectivity index (χ1n) is 7.84. The minimum Gasteiger partial charge on any atom is -0.394 e. The number of aliphatic hydroxyl groups is 2. The Morgan fingerprint density at radius 3 is 2.00 bits per heavy atom. The molecule has 6 heteroatoms. The van der Waals surface area contributed by atoms with E-state index in [2.05, 4.69) is 5.32 Å². The maximum absolute atomic E-state index is 9.53. The van der Waals surface area contributed by atoms with E-state index in [4.69, 9.17) is 34.8 Å². The third-order valence-corrected chi connectivity index (χ3v) is 5.35. The summed E-state index contributed by atoms with van der Waals surface area (Å²) in [5.41, 5.74) is 0.199. The molecule has 0 amide bonds. The summed E-state index contributed by atoms with van der Waals surface area (Å²) in [7, 11) is 0. The summed E-state index contributed by atoms with van der Waals surface area (Å²) < 4.78 is 0. The van der Waals surface area contributed by atoms with Crippen molar-refractivity contribution in [1.82, 2.24) is 5.32 Å². The van der Waals surface area contributed by atoms with Gasteiger partial charge in [0.2, 0.25) is 0 Å². The number of benzene rings is 3. The summed E-state index contributed by atoms with van der Waals surface area (Å²) in [5.74, 6) is 0. The molecule has 0 heterocycles. The fraction of sp³-hybridized carbons (Fsp3) is 0.263. The molecule has 0 saturated heterocycles. The minimum atomic E-state index is -0.788. The van der Waals surface area contributed by atoms with Gasteiger partial charge in [0, 0.05) is 27.4 Å². The van der Waals surface area contributed by atoms with Crippen LogP contribution < -0.4 is 5.32 Å². The van der Waals surface area contributed by atoms with Gasteiger partial charge >= 0.3 is 0 Å². The maximum atomic E-state index is 9.53. The zero-order valence-corrected chi connectivity index (χ0v) is 15.9. The molecule has 0 radical (unpaired) electrons. The fourth-order valence-electron chi connectivity index (χ4n) is 2.86. The van der Waals surface area contributed by atoms with Gasteiger partial charge in [0.15, 0.2) is 0 Å². The van der Waals surface area contributed by atoms with E-state index in [-0.39, 0.29) is 13.2 Å². The molecule has 0 fully saturated rings. The predicted molar refractivity (Wildman–Crippen MR) is 106 cm³/mol. The topological polar surface area (TPSA) is 52.5 Å². The van der Waals surface area contributed by atoms with E-state index in [0.29, 0.717) is 21.6 Å². The highest BCUT2D eigenvalue weighted by atomic mass is 35.5. The van der Waals surface area contributed by atoms with E-state index in [1.54, 1.807) is 13.0 Å². The van der Waals surface area contributed by atoms with E-state index in [1.165, 1.54) is 0 Å². The Morgan fingerprint density at radius 1 is 0.840 bits per heavy atom. The molecule has 0 aromatic heterocycles. The number of rotatable bonds is 5. The summed E-state index contributed by atoms with van der Waals surface area (Å²) >= 11 is 19.0. The average Bonchev–Trinajstić information content (AvgIpc) is 2.61. The Kier molecular flexibility index (Phi) is 5.45. The first-order valence-corrected chi connectivity index (χ1v) is 8.97. The molecule has 0 aliphatic carbocycles. The van der Waals surface area contributed by atoms with E-state index in [1.807, 2.05) is 30.3 Å². The Labute approximate surface area is 161 Å².